The highest BCUT2D eigenvalue weighted by atomic mass is 35.5. The van der Waals surface area contributed by atoms with Crippen molar-refractivity contribution in [3.63, 3.8) is 0 Å². The van der Waals surface area contributed by atoms with E-state index in [1.807, 2.05) is 0 Å². The summed E-state index contributed by atoms with van der Waals surface area (Å²) in [6.45, 7) is 8.42. The van der Waals surface area contributed by atoms with Gasteiger partial charge in [-0.05, 0) is 56.3 Å². The van der Waals surface area contributed by atoms with Gasteiger partial charge in [0, 0.05) is 36.3 Å². The van der Waals surface area contributed by atoms with Crippen molar-refractivity contribution in [3.05, 3.63) is 58.6 Å². The van der Waals surface area contributed by atoms with Gasteiger partial charge in [-0.25, -0.2) is 13.1 Å². The Balaban J connectivity index is 2.13. The second-order valence-electron chi connectivity index (χ2n) is 7.29. The van der Waals surface area contributed by atoms with Gasteiger partial charge >= 0.3 is 0 Å². The lowest BCUT2D eigenvalue weighted by molar-refractivity contribution is 0.0945. The van der Waals surface area contributed by atoms with E-state index in [1.54, 1.807) is 30.3 Å². The third-order valence-corrected chi connectivity index (χ3v) is 6.59. The van der Waals surface area contributed by atoms with Crippen molar-refractivity contribution in [1.82, 2.24) is 14.9 Å². The van der Waals surface area contributed by atoms with E-state index >= 15 is 0 Å². The third kappa shape index (κ3) is 7.21. The molecule has 31 heavy (non-hydrogen) atoms. The number of likely N-dealkylation sites (N-methyl/N-ethyl adjacent to an activating group) is 1. The Morgan fingerprint density at radius 3 is 2.42 bits per heavy atom. The molecule has 0 fully saturated rings. The van der Waals surface area contributed by atoms with Gasteiger partial charge < -0.3 is 10.1 Å². The largest absolute Gasteiger partial charge is 0.495 e. The normalized spacial score (nSPS) is 11.7. The van der Waals surface area contributed by atoms with Crippen molar-refractivity contribution >= 4 is 27.5 Å². The second-order valence-corrected chi connectivity index (χ2v) is 9.47. The molecule has 0 saturated heterocycles. The molecule has 0 aromatic heterocycles. The minimum absolute atomic E-state index is 0.0845. The summed E-state index contributed by atoms with van der Waals surface area (Å²) >= 11 is 5.87. The van der Waals surface area contributed by atoms with Gasteiger partial charge in [-0.2, -0.15) is 0 Å². The summed E-state index contributed by atoms with van der Waals surface area (Å²) in [5.74, 6) is -0.172. The number of carbonyl (C=O) groups excluding carboxylic acids is 1. The molecule has 2 rings (SSSR count). The van der Waals surface area contributed by atoms with E-state index in [1.165, 1.54) is 19.2 Å². The molecule has 0 bridgehead atoms. The van der Waals surface area contributed by atoms with Gasteiger partial charge in [0.05, 0.1) is 7.11 Å². The number of ether oxygens (including phenoxy) is 1. The molecule has 0 spiro atoms. The van der Waals surface area contributed by atoms with E-state index < -0.39 is 10.0 Å². The van der Waals surface area contributed by atoms with E-state index in [4.69, 9.17) is 16.3 Å². The molecule has 0 aliphatic carbocycles. The van der Waals surface area contributed by atoms with Crippen molar-refractivity contribution in [3.8, 4) is 5.75 Å². The molecule has 2 aromatic carbocycles. The lowest BCUT2D eigenvalue weighted by Gasteiger charge is -2.24. The third-order valence-electron chi connectivity index (χ3n) is 4.92. The molecule has 0 radical (unpaired) electrons. The number of methoxy groups -OCH3 is 1. The maximum atomic E-state index is 12.9. The van der Waals surface area contributed by atoms with Crippen LogP contribution in [0.25, 0.3) is 0 Å². The lowest BCUT2D eigenvalue weighted by atomic mass is 10.2. The Morgan fingerprint density at radius 1 is 1.16 bits per heavy atom. The predicted molar refractivity (Wildman–Crippen MR) is 123 cm³/mol. The van der Waals surface area contributed by atoms with Crippen LogP contribution in [0.1, 0.15) is 36.7 Å². The molecule has 2 aromatic rings. The van der Waals surface area contributed by atoms with Crippen LogP contribution in [0.5, 0.6) is 5.75 Å². The Bertz CT molecular complexity index is 979. The fraction of sp³-hybridized carbons (Fsp3) is 0.409. The average molecular weight is 468 g/mol. The van der Waals surface area contributed by atoms with Gasteiger partial charge in [0.2, 0.25) is 10.0 Å². The number of hydrogen-bond acceptors (Lipinski definition) is 5. The van der Waals surface area contributed by atoms with Gasteiger partial charge in [0.1, 0.15) is 10.6 Å². The fourth-order valence-electron chi connectivity index (χ4n) is 3.08. The highest BCUT2D eigenvalue weighted by Crippen LogP contribution is 2.25. The minimum atomic E-state index is -3.91. The molecule has 0 saturated carbocycles. The van der Waals surface area contributed by atoms with E-state index in [0.717, 1.165) is 12.1 Å². The van der Waals surface area contributed by atoms with Gasteiger partial charge in [0.15, 0.2) is 0 Å². The first-order chi connectivity index (χ1) is 14.7. The molecule has 0 aliphatic heterocycles. The molecule has 2 N–H and O–H groups in total. The van der Waals surface area contributed by atoms with Crippen LogP contribution in [-0.4, -0.2) is 52.0 Å². The minimum Gasteiger partial charge on any atom is -0.495 e. The summed E-state index contributed by atoms with van der Waals surface area (Å²) in [5, 5.41) is 3.42. The summed E-state index contributed by atoms with van der Waals surface area (Å²) in [7, 11) is -2.53. The summed E-state index contributed by atoms with van der Waals surface area (Å²) < 4.78 is 33.5. The zero-order chi connectivity index (χ0) is 23.0. The zero-order valence-electron chi connectivity index (χ0n) is 18.3. The Kier molecular flexibility index (Phi) is 9.31. The number of rotatable bonds is 11. The average Bonchev–Trinajstić information content (AvgIpc) is 2.75. The molecule has 170 valence electrons. The Hall–Kier alpha value is -2.13. The number of hydrogen-bond donors (Lipinski definition) is 2. The quantitative estimate of drug-likeness (QED) is 0.529. The topological polar surface area (TPSA) is 87.7 Å². The Labute approximate surface area is 189 Å². The number of sulfonamides is 1. The molecule has 1 amide bonds. The first-order valence-corrected chi connectivity index (χ1v) is 12.0. The van der Waals surface area contributed by atoms with Crippen molar-refractivity contribution < 1.29 is 17.9 Å². The summed E-state index contributed by atoms with van der Waals surface area (Å²) in [6.07, 6.45) is 0. The van der Waals surface area contributed by atoms with E-state index in [9.17, 15) is 13.2 Å². The van der Waals surface area contributed by atoms with Crippen LogP contribution in [-0.2, 0) is 16.6 Å². The number of halogens is 1. The molecule has 0 aliphatic rings. The van der Waals surface area contributed by atoms with E-state index in [0.29, 0.717) is 24.2 Å². The maximum Gasteiger partial charge on any atom is 0.251 e. The monoisotopic (exact) mass is 467 g/mol. The number of carbonyl (C=O) groups is 1. The maximum absolute atomic E-state index is 12.9. The molecule has 9 heteroatoms. The molecular formula is C22H30ClN3O4S. The van der Waals surface area contributed by atoms with Crippen molar-refractivity contribution in [2.45, 2.75) is 38.3 Å². The summed E-state index contributed by atoms with van der Waals surface area (Å²) in [4.78, 5) is 14.7. The smallest absolute Gasteiger partial charge is 0.251 e. The number of nitrogens with one attached hydrogen (secondary N) is 2. The van der Waals surface area contributed by atoms with Crippen LogP contribution in [0.2, 0.25) is 5.02 Å². The number of amides is 1. The van der Waals surface area contributed by atoms with E-state index in [-0.39, 0.29) is 28.7 Å². The van der Waals surface area contributed by atoms with Crippen molar-refractivity contribution in [2.24, 2.45) is 0 Å². The van der Waals surface area contributed by atoms with Crippen LogP contribution in [0.3, 0.4) is 0 Å². The molecular weight excluding hydrogens is 438 g/mol. The van der Waals surface area contributed by atoms with Gasteiger partial charge in [-0.15, -0.1) is 0 Å². The molecule has 0 heterocycles. The van der Waals surface area contributed by atoms with Gasteiger partial charge in [-0.3, -0.25) is 9.69 Å². The van der Waals surface area contributed by atoms with Crippen LogP contribution in [0.15, 0.2) is 47.4 Å². The standard InChI is InChI=1S/C22H30ClN3O4S/c1-5-26(16(2)3)13-12-24-22(27)18-8-11-20(30-4)21(14-18)31(28,29)25-15-17-6-9-19(23)10-7-17/h6-11,14,16,25H,5,12-13,15H2,1-4H3,(H,24,27). The van der Waals surface area contributed by atoms with Crippen molar-refractivity contribution in [1.29, 1.82) is 0 Å². The summed E-state index contributed by atoms with van der Waals surface area (Å²) in [6, 6.07) is 11.6. The fourth-order valence-corrected chi connectivity index (χ4v) is 4.42. The van der Waals surface area contributed by atoms with Crippen LogP contribution in [0.4, 0.5) is 0 Å². The molecule has 7 nitrogen and oxygen atoms in total. The summed E-state index contributed by atoms with van der Waals surface area (Å²) in [5.41, 5.74) is 1.01. The van der Waals surface area contributed by atoms with E-state index in [2.05, 4.69) is 35.7 Å². The van der Waals surface area contributed by atoms with Gasteiger partial charge in [-0.1, -0.05) is 30.7 Å². The first-order valence-electron chi connectivity index (χ1n) is 10.1. The zero-order valence-corrected chi connectivity index (χ0v) is 19.9. The van der Waals surface area contributed by atoms with Gasteiger partial charge in [0.25, 0.3) is 5.91 Å². The molecule has 0 atom stereocenters. The molecule has 0 unspecified atom stereocenters. The number of nitrogens with zero attached hydrogens (tertiary/aromatic N) is 1. The second kappa shape index (κ2) is 11.5. The van der Waals surface area contributed by atoms with Crippen LogP contribution >= 0.6 is 11.6 Å². The van der Waals surface area contributed by atoms with Crippen LogP contribution < -0.4 is 14.8 Å². The Morgan fingerprint density at radius 2 is 1.84 bits per heavy atom. The highest BCUT2D eigenvalue weighted by molar-refractivity contribution is 7.89. The lowest BCUT2D eigenvalue weighted by Crippen LogP contribution is -2.38. The van der Waals surface area contributed by atoms with Crippen LogP contribution in [0, 0.1) is 0 Å². The number of benzene rings is 2. The predicted octanol–water partition coefficient (Wildman–Crippen LogP) is 3.29. The first kappa shape index (κ1) is 25.1. The van der Waals surface area contributed by atoms with Crippen molar-refractivity contribution in [2.75, 3.05) is 26.7 Å². The SMILES string of the molecule is CCN(CCNC(=O)c1ccc(OC)c(S(=O)(=O)NCc2ccc(Cl)cc2)c1)C(C)C. The highest BCUT2D eigenvalue weighted by Gasteiger charge is 2.21.